The number of aliphatic hydroxyl groups is 1. The molecule has 2 N–H and O–H groups in total. The van der Waals surface area contributed by atoms with Gasteiger partial charge in [-0.05, 0) is 30.5 Å². The zero-order valence-electron chi connectivity index (χ0n) is 21.2. The number of hydrogen-bond donors (Lipinski definition) is 2. The molecule has 3 aromatic rings. The maximum absolute atomic E-state index is 14.5. The molecule has 6 rings (SSSR count). The van der Waals surface area contributed by atoms with Crippen LogP contribution in [0.25, 0.3) is 11.0 Å². The second-order valence-electron chi connectivity index (χ2n) is 10.3. The van der Waals surface area contributed by atoms with Crippen molar-refractivity contribution in [2.45, 2.75) is 43.3 Å². The van der Waals surface area contributed by atoms with Gasteiger partial charge in [-0.25, -0.2) is 4.68 Å². The lowest BCUT2D eigenvalue weighted by Crippen LogP contribution is -2.57. The summed E-state index contributed by atoms with van der Waals surface area (Å²) in [7, 11) is 0. The van der Waals surface area contributed by atoms with Crippen molar-refractivity contribution in [2.24, 2.45) is 11.8 Å². The summed E-state index contributed by atoms with van der Waals surface area (Å²) >= 11 is 0. The number of carbonyl (C=O) groups excluding carboxylic acids is 2. The van der Waals surface area contributed by atoms with Crippen LogP contribution in [-0.2, 0) is 25.8 Å². The van der Waals surface area contributed by atoms with Crippen LogP contribution in [-0.4, -0.2) is 83.7 Å². The third-order valence-corrected chi connectivity index (χ3v) is 8.34. The third kappa shape index (κ3) is 3.75. The van der Waals surface area contributed by atoms with E-state index in [0.717, 1.165) is 5.52 Å². The second kappa shape index (κ2) is 9.58. The number of likely N-dealkylation sites (tertiary alicyclic amines) is 1. The molecule has 6 atom stereocenters. The van der Waals surface area contributed by atoms with Crippen molar-refractivity contribution in [1.82, 2.24) is 24.8 Å². The van der Waals surface area contributed by atoms with E-state index in [9.17, 15) is 24.6 Å². The van der Waals surface area contributed by atoms with Crippen molar-refractivity contribution >= 4 is 28.8 Å². The van der Waals surface area contributed by atoms with Crippen molar-refractivity contribution < 1.29 is 29.3 Å². The van der Waals surface area contributed by atoms with E-state index in [1.54, 1.807) is 35.0 Å². The number of hydrogen-bond acceptors (Lipinski definition) is 7. The molecule has 0 saturated carbocycles. The number of ether oxygens (including phenoxy) is 1. The minimum absolute atomic E-state index is 0.0333. The van der Waals surface area contributed by atoms with Gasteiger partial charge in [-0.15, -0.1) is 11.7 Å². The monoisotopic (exact) mass is 531 g/mol. The molecule has 11 nitrogen and oxygen atoms in total. The fraction of sp³-hybridized carbons (Fsp3) is 0.393. The van der Waals surface area contributed by atoms with Crippen LogP contribution < -0.4 is 0 Å². The van der Waals surface area contributed by atoms with E-state index in [2.05, 4.69) is 16.9 Å². The number of nitrogens with zero attached hydrogens (tertiary/aromatic N) is 5. The Morgan fingerprint density at radius 2 is 1.95 bits per heavy atom. The lowest BCUT2D eigenvalue weighted by molar-refractivity contribution is -0.154. The van der Waals surface area contributed by atoms with Gasteiger partial charge in [0.2, 0.25) is 11.8 Å². The number of carbonyl (C=O) groups is 3. The Balaban J connectivity index is 1.44. The van der Waals surface area contributed by atoms with Gasteiger partial charge in [0.05, 0.1) is 36.1 Å². The lowest BCUT2D eigenvalue weighted by atomic mass is 9.70. The predicted molar refractivity (Wildman–Crippen MR) is 138 cm³/mol. The number of rotatable bonds is 9. The molecule has 0 aliphatic carbocycles. The Labute approximate surface area is 224 Å². The molecule has 3 aliphatic rings. The molecule has 1 aromatic heterocycles. The van der Waals surface area contributed by atoms with Gasteiger partial charge in [-0.3, -0.25) is 14.4 Å². The number of para-hydroxylation sites is 1. The number of carboxylic acids is 1. The molecule has 3 fully saturated rings. The first-order valence-corrected chi connectivity index (χ1v) is 13.0. The highest BCUT2D eigenvalue weighted by atomic mass is 16.5. The fourth-order valence-electron chi connectivity index (χ4n) is 6.75. The fourth-order valence-corrected chi connectivity index (χ4v) is 6.75. The van der Waals surface area contributed by atoms with E-state index in [4.69, 9.17) is 4.74 Å². The SMILES string of the molecule is C=CCN(Cn1nnc2ccccc21)C(=O)[C@H]1N([C@H](CO)c2ccccc2)C(=O)[C@@H]2[C@@H](C(=O)O)[C@H]3CC[C@]21O3. The molecule has 2 bridgehead atoms. The number of aromatic nitrogens is 3. The van der Waals surface area contributed by atoms with E-state index in [1.807, 2.05) is 30.3 Å². The van der Waals surface area contributed by atoms with Crippen molar-refractivity contribution in [2.75, 3.05) is 13.2 Å². The summed E-state index contributed by atoms with van der Waals surface area (Å²) in [5.41, 5.74) is 0.734. The summed E-state index contributed by atoms with van der Waals surface area (Å²) in [5, 5.41) is 29.0. The van der Waals surface area contributed by atoms with Crippen LogP contribution in [0.1, 0.15) is 24.4 Å². The highest BCUT2D eigenvalue weighted by Gasteiger charge is 2.75. The number of amides is 2. The molecule has 2 aromatic carbocycles. The normalized spacial score (nSPS) is 28.0. The first-order valence-electron chi connectivity index (χ1n) is 13.0. The van der Waals surface area contributed by atoms with Crippen LogP contribution in [0.15, 0.2) is 67.3 Å². The molecule has 202 valence electrons. The topological polar surface area (TPSA) is 138 Å². The first kappa shape index (κ1) is 25.2. The standard InChI is InChI=1S/C28H29N5O6/c1-2-14-31(16-32-19-11-7-6-10-18(19)29-30-32)26(36)24-28-13-12-21(39-28)22(27(37)38)23(28)25(35)33(24)20(15-34)17-8-4-3-5-9-17/h2-11,20-24,34H,1,12-16H2,(H,37,38)/t20-,21-,22+,23+,24-,28+/m1/s1. The molecule has 3 aliphatic heterocycles. The Morgan fingerprint density at radius 1 is 1.21 bits per heavy atom. The summed E-state index contributed by atoms with van der Waals surface area (Å²) in [5.74, 6) is -4.13. The second-order valence-corrected chi connectivity index (χ2v) is 10.3. The van der Waals surface area contributed by atoms with Gasteiger partial charge >= 0.3 is 5.97 Å². The molecule has 0 radical (unpaired) electrons. The Kier molecular flexibility index (Phi) is 6.19. The Bertz CT molecular complexity index is 1440. The van der Waals surface area contributed by atoms with Crippen LogP contribution in [0, 0.1) is 11.8 Å². The van der Waals surface area contributed by atoms with E-state index in [-0.39, 0.29) is 13.2 Å². The van der Waals surface area contributed by atoms with Gasteiger partial charge in [0.15, 0.2) is 0 Å². The number of fused-ring (bicyclic) bond motifs is 2. The number of carboxylic acid groups (broad SMARTS) is 1. The van der Waals surface area contributed by atoms with Gasteiger partial charge in [-0.2, -0.15) is 0 Å². The predicted octanol–water partition coefficient (Wildman–Crippen LogP) is 1.60. The lowest BCUT2D eigenvalue weighted by Gasteiger charge is -2.39. The van der Waals surface area contributed by atoms with Crippen LogP contribution in [0.2, 0.25) is 0 Å². The van der Waals surface area contributed by atoms with E-state index >= 15 is 0 Å². The van der Waals surface area contributed by atoms with Crippen LogP contribution in [0.3, 0.4) is 0 Å². The van der Waals surface area contributed by atoms with Crippen molar-refractivity contribution in [3.63, 3.8) is 0 Å². The number of aliphatic hydroxyl groups excluding tert-OH is 1. The summed E-state index contributed by atoms with van der Waals surface area (Å²) in [6.07, 6.45) is 1.74. The average molecular weight is 532 g/mol. The van der Waals surface area contributed by atoms with Crippen LogP contribution >= 0.6 is 0 Å². The van der Waals surface area contributed by atoms with Crippen LogP contribution in [0.4, 0.5) is 0 Å². The van der Waals surface area contributed by atoms with Gasteiger partial charge in [0, 0.05) is 6.54 Å². The summed E-state index contributed by atoms with van der Waals surface area (Å²) < 4.78 is 7.92. The summed E-state index contributed by atoms with van der Waals surface area (Å²) in [6, 6.07) is 14.3. The van der Waals surface area contributed by atoms with Gasteiger partial charge < -0.3 is 24.7 Å². The maximum Gasteiger partial charge on any atom is 0.310 e. The quantitative estimate of drug-likeness (QED) is 0.397. The molecule has 0 unspecified atom stereocenters. The molecule has 39 heavy (non-hydrogen) atoms. The van der Waals surface area contributed by atoms with Crippen LogP contribution in [0.5, 0.6) is 0 Å². The highest BCUT2D eigenvalue weighted by Crippen LogP contribution is 2.59. The van der Waals surface area contributed by atoms with Crippen molar-refractivity contribution in [1.29, 1.82) is 0 Å². The van der Waals surface area contributed by atoms with E-state index < -0.39 is 60.0 Å². The van der Waals surface area contributed by atoms with E-state index in [1.165, 1.54) is 9.80 Å². The molecule has 4 heterocycles. The number of benzene rings is 2. The molecular weight excluding hydrogens is 502 g/mol. The molecule has 3 saturated heterocycles. The smallest absolute Gasteiger partial charge is 0.310 e. The largest absolute Gasteiger partial charge is 0.481 e. The first-order chi connectivity index (χ1) is 18.9. The molecule has 2 amide bonds. The third-order valence-electron chi connectivity index (χ3n) is 8.34. The summed E-state index contributed by atoms with van der Waals surface area (Å²) in [6.45, 7) is 3.55. The van der Waals surface area contributed by atoms with Crippen molar-refractivity contribution in [3.8, 4) is 0 Å². The molecular formula is C28H29N5O6. The van der Waals surface area contributed by atoms with Gasteiger partial charge in [0.1, 0.15) is 23.8 Å². The maximum atomic E-state index is 14.5. The molecule has 11 heteroatoms. The minimum Gasteiger partial charge on any atom is -0.481 e. The van der Waals surface area contributed by atoms with Gasteiger partial charge in [0.25, 0.3) is 0 Å². The van der Waals surface area contributed by atoms with Gasteiger partial charge in [-0.1, -0.05) is 53.8 Å². The summed E-state index contributed by atoms with van der Waals surface area (Å²) in [4.78, 5) is 43.8. The van der Waals surface area contributed by atoms with Crippen molar-refractivity contribution in [3.05, 3.63) is 72.8 Å². The minimum atomic E-state index is -1.31. The Hall–Kier alpha value is -4.09. The zero-order valence-corrected chi connectivity index (χ0v) is 21.2. The molecule has 1 spiro atoms. The highest BCUT2D eigenvalue weighted by molar-refractivity contribution is 5.98. The average Bonchev–Trinajstić information content (AvgIpc) is 3.69. The zero-order chi connectivity index (χ0) is 27.3. The van der Waals surface area contributed by atoms with E-state index in [0.29, 0.717) is 23.9 Å². The Morgan fingerprint density at radius 3 is 2.67 bits per heavy atom. The number of aliphatic carboxylic acids is 1.